The summed E-state index contributed by atoms with van der Waals surface area (Å²) in [5.41, 5.74) is 2.79. The van der Waals surface area contributed by atoms with Gasteiger partial charge in [-0.25, -0.2) is 4.98 Å². The first-order chi connectivity index (χ1) is 11.8. The molecule has 2 aromatic carbocycles. The van der Waals surface area contributed by atoms with E-state index >= 15 is 0 Å². The maximum absolute atomic E-state index is 4.61. The molecule has 2 aromatic heterocycles. The van der Waals surface area contributed by atoms with Crippen LogP contribution in [0.3, 0.4) is 0 Å². The molecule has 4 aromatic rings. The third kappa shape index (κ3) is 2.89. The van der Waals surface area contributed by atoms with Gasteiger partial charge in [-0.1, -0.05) is 30.3 Å². The van der Waals surface area contributed by atoms with E-state index in [4.69, 9.17) is 0 Å². The second-order valence-electron chi connectivity index (χ2n) is 5.47. The molecule has 0 saturated heterocycles. The van der Waals surface area contributed by atoms with Gasteiger partial charge >= 0.3 is 0 Å². The van der Waals surface area contributed by atoms with Crippen LogP contribution in [0.5, 0.6) is 0 Å². The Morgan fingerprint density at radius 2 is 1.67 bits per heavy atom. The first-order valence-electron chi connectivity index (χ1n) is 7.66. The van der Waals surface area contributed by atoms with Gasteiger partial charge in [0.15, 0.2) is 5.82 Å². The molecule has 2 heterocycles. The van der Waals surface area contributed by atoms with E-state index in [1.54, 1.807) is 0 Å². The van der Waals surface area contributed by atoms with Gasteiger partial charge < -0.3 is 10.6 Å². The Labute approximate surface area is 139 Å². The van der Waals surface area contributed by atoms with Crippen molar-refractivity contribution in [3.05, 3.63) is 66.4 Å². The molecule has 0 aliphatic carbocycles. The van der Waals surface area contributed by atoms with Crippen molar-refractivity contribution in [2.45, 2.75) is 6.92 Å². The Bertz CT molecular complexity index is 977. The number of aromatic nitrogens is 4. The van der Waals surface area contributed by atoms with Crippen LogP contribution in [0.4, 0.5) is 23.3 Å². The molecular weight excluding hydrogens is 300 g/mol. The van der Waals surface area contributed by atoms with E-state index in [0.717, 1.165) is 28.1 Å². The molecule has 0 saturated carbocycles. The van der Waals surface area contributed by atoms with Crippen molar-refractivity contribution < 1.29 is 0 Å². The largest absolute Gasteiger partial charge is 0.324 e. The summed E-state index contributed by atoms with van der Waals surface area (Å²) in [6.45, 7) is 1.96. The number of para-hydroxylation sites is 2. The zero-order valence-electron chi connectivity index (χ0n) is 13.1. The third-order valence-electron chi connectivity index (χ3n) is 3.59. The zero-order chi connectivity index (χ0) is 16.4. The van der Waals surface area contributed by atoms with Crippen molar-refractivity contribution >= 4 is 34.2 Å². The zero-order valence-corrected chi connectivity index (χ0v) is 13.1. The van der Waals surface area contributed by atoms with Crippen LogP contribution in [0.2, 0.25) is 0 Å². The lowest BCUT2D eigenvalue weighted by Gasteiger charge is -2.10. The summed E-state index contributed by atoms with van der Waals surface area (Å²) in [7, 11) is 0. The van der Waals surface area contributed by atoms with E-state index in [0.29, 0.717) is 11.8 Å². The summed E-state index contributed by atoms with van der Waals surface area (Å²) < 4.78 is 0. The van der Waals surface area contributed by atoms with E-state index in [2.05, 4.69) is 30.8 Å². The fraction of sp³-hybridized carbons (Fsp3) is 0.0556. The molecule has 118 valence electrons. The average Bonchev–Trinajstić information content (AvgIpc) is 3.01. The quantitative estimate of drug-likeness (QED) is 0.527. The van der Waals surface area contributed by atoms with Crippen molar-refractivity contribution in [1.29, 1.82) is 0 Å². The molecule has 0 bridgehead atoms. The van der Waals surface area contributed by atoms with Gasteiger partial charge in [0.2, 0.25) is 5.95 Å². The molecule has 0 spiro atoms. The first kappa shape index (κ1) is 14.2. The highest BCUT2D eigenvalue weighted by Crippen LogP contribution is 2.25. The molecular formula is C18H16N6. The van der Waals surface area contributed by atoms with Crippen molar-refractivity contribution in [1.82, 2.24) is 20.2 Å². The molecule has 0 aliphatic heterocycles. The highest BCUT2D eigenvalue weighted by atomic mass is 15.2. The molecule has 0 aliphatic rings. The summed E-state index contributed by atoms with van der Waals surface area (Å²) in [4.78, 5) is 9.20. The predicted molar refractivity (Wildman–Crippen MR) is 95.9 cm³/mol. The molecule has 3 N–H and O–H groups in total. The first-order valence-corrected chi connectivity index (χ1v) is 7.66. The second-order valence-corrected chi connectivity index (χ2v) is 5.47. The lowest BCUT2D eigenvalue weighted by molar-refractivity contribution is 1.05. The molecule has 0 amide bonds. The van der Waals surface area contributed by atoms with Crippen LogP contribution in [0.15, 0.2) is 60.7 Å². The molecule has 4 rings (SSSR count). The molecule has 0 fully saturated rings. The van der Waals surface area contributed by atoms with Gasteiger partial charge in [-0.05, 0) is 31.2 Å². The number of fused-ring (bicyclic) bond motifs is 1. The third-order valence-corrected chi connectivity index (χ3v) is 3.59. The summed E-state index contributed by atoms with van der Waals surface area (Å²) in [5, 5.41) is 14.6. The normalized spacial score (nSPS) is 10.7. The molecule has 0 radical (unpaired) electrons. The lowest BCUT2D eigenvalue weighted by Crippen LogP contribution is -2.02. The molecule has 0 unspecified atom stereocenters. The standard InChI is InChI=1S/C18H16N6/c1-12-11-16(24-23-12)21-17-14-9-5-6-10-15(14)20-18(22-17)19-13-7-3-2-4-8-13/h2-11H,1H3,(H3,19,20,21,22,23,24). The fourth-order valence-corrected chi connectivity index (χ4v) is 2.48. The summed E-state index contributed by atoms with van der Waals surface area (Å²) in [6, 6.07) is 19.7. The van der Waals surface area contributed by atoms with Crippen LogP contribution in [0.25, 0.3) is 10.9 Å². The SMILES string of the molecule is Cc1cc(Nc2nc(Nc3ccccc3)nc3ccccc23)n[nH]1. The minimum Gasteiger partial charge on any atom is -0.324 e. The number of aromatic amines is 1. The van der Waals surface area contributed by atoms with Crippen LogP contribution in [0, 0.1) is 6.92 Å². The van der Waals surface area contributed by atoms with E-state index in [1.807, 2.05) is 67.6 Å². The van der Waals surface area contributed by atoms with Gasteiger partial charge in [-0.2, -0.15) is 10.1 Å². The van der Waals surface area contributed by atoms with Crippen molar-refractivity contribution in [3.63, 3.8) is 0 Å². The second kappa shape index (κ2) is 6.00. The monoisotopic (exact) mass is 316 g/mol. The number of nitrogens with one attached hydrogen (secondary N) is 3. The number of hydrogen-bond acceptors (Lipinski definition) is 5. The number of benzene rings is 2. The molecule has 0 atom stereocenters. The van der Waals surface area contributed by atoms with Gasteiger partial charge in [-0.15, -0.1) is 0 Å². The van der Waals surface area contributed by atoms with Crippen molar-refractivity contribution in [2.75, 3.05) is 10.6 Å². The Hall–Kier alpha value is -3.41. The molecule has 6 heteroatoms. The average molecular weight is 316 g/mol. The Balaban J connectivity index is 1.75. The van der Waals surface area contributed by atoms with Crippen LogP contribution in [-0.2, 0) is 0 Å². The maximum atomic E-state index is 4.61. The van der Waals surface area contributed by atoms with Crippen LogP contribution in [-0.4, -0.2) is 20.2 Å². The van der Waals surface area contributed by atoms with Gasteiger partial charge in [0.25, 0.3) is 0 Å². The fourth-order valence-electron chi connectivity index (χ4n) is 2.48. The molecule has 6 nitrogen and oxygen atoms in total. The Morgan fingerprint density at radius 1 is 0.875 bits per heavy atom. The summed E-state index contributed by atoms with van der Waals surface area (Å²) in [5.74, 6) is 1.97. The van der Waals surface area contributed by atoms with E-state index in [9.17, 15) is 0 Å². The van der Waals surface area contributed by atoms with Crippen molar-refractivity contribution in [2.24, 2.45) is 0 Å². The van der Waals surface area contributed by atoms with E-state index in [1.165, 1.54) is 0 Å². The summed E-state index contributed by atoms with van der Waals surface area (Å²) in [6.07, 6.45) is 0. The number of aryl methyl sites for hydroxylation is 1. The lowest BCUT2D eigenvalue weighted by atomic mass is 10.2. The van der Waals surface area contributed by atoms with Crippen LogP contribution >= 0.6 is 0 Å². The van der Waals surface area contributed by atoms with Gasteiger partial charge in [-0.3, -0.25) is 5.10 Å². The molecule has 24 heavy (non-hydrogen) atoms. The maximum Gasteiger partial charge on any atom is 0.229 e. The van der Waals surface area contributed by atoms with E-state index in [-0.39, 0.29) is 0 Å². The number of H-pyrrole nitrogens is 1. The highest BCUT2D eigenvalue weighted by molar-refractivity contribution is 5.91. The number of anilines is 4. The Morgan fingerprint density at radius 3 is 2.46 bits per heavy atom. The van der Waals surface area contributed by atoms with Gasteiger partial charge in [0, 0.05) is 22.8 Å². The smallest absolute Gasteiger partial charge is 0.229 e. The number of nitrogens with zero attached hydrogens (tertiary/aromatic N) is 3. The number of rotatable bonds is 4. The predicted octanol–water partition coefficient (Wildman–Crippen LogP) is 4.15. The van der Waals surface area contributed by atoms with Crippen LogP contribution in [0.1, 0.15) is 5.69 Å². The topological polar surface area (TPSA) is 78.5 Å². The summed E-state index contributed by atoms with van der Waals surface area (Å²) >= 11 is 0. The van der Waals surface area contributed by atoms with E-state index < -0.39 is 0 Å². The highest BCUT2D eigenvalue weighted by Gasteiger charge is 2.09. The van der Waals surface area contributed by atoms with Crippen LogP contribution < -0.4 is 10.6 Å². The van der Waals surface area contributed by atoms with Crippen molar-refractivity contribution in [3.8, 4) is 0 Å². The minimum atomic E-state index is 0.537. The number of hydrogen-bond donors (Lipinski definition) is 3. The Kier molecular flexibility index (Phi) is 3.55. The van der Waals surface area contributed by atoms with Gasteiger partial charge in [0.05, 0.1) is 5.52 Å². The van der Waals surface area contributed by atoms with Gasteiger partial charge in [0.1, 0.15) is 5.82 Å². The minimum absolute atomic E-state index is 0.537.